The molecule has 0 spiro atoms. The van der Waals surface area contributed by atoms with Crippen LogP contribution in [0.5, 0.6) is 0 Å². The van der Waals surface area contributed by atoms with E-state index >= 15 is 0 Å². The highest BCUT2D eigenvalue weighted by Crippen LogP contribution is 2.65. The van der Waals surface area contributed by atoms with E-state index in [9.17, 15) is 8.78 Å². The Morgan fingerprint density at radius 3 is 2.33 bits per heavy atom. The second-order valence-electron chi connectivity index (χ2n) is 9.38. The van der Waals surface area contributed by atoms with Gasteiger partial charge in [-0.3, -0.25) is 0 Å². The lowest BCUT2D eigenvalue weighted by atomic mass is 9.42. The number of hydrogen-bond donors (Lipinski definition) is 0. The lowest BCUT2D eigenvalue weighted by molar-refractivity contribution is -0.107. The van der Waals surface area contributed by atoms with E-state index in [1.165, 1.54) is 12.0 Å². The molecule has 0 nitrogen and oxygen atoms in total. The van der Waals surface area contributed by atoms with Gasteiger partial charge in [-0.25, -0.2) is 8.78 Å². The molecule has 2 heteroatoms. The first-order valence-corrected chi connectivity index (χ1v) is 9.57. The third-order valence-electron chi connectivity index (χ3n) is 7.32. The summed E-state index contributed by atoms with van der Waals surface area (Å²) in [6.45, 7) is 9.06. The zero-order valence-corrected chi connectivity index (χ0v) is 15.6. The monoisotopic (exact) mass is 334 g/mol. The molecule has 2 aliphatic carbocycles. The van der Waals surface area contributed by atoms with Gasteiger partial charge in [0.15, 0.2) is 0 Å². The standard InChI is InChI=1S/C22H32F2/c1-5-22(14-19(23)24)16(2)11-21(17-9-7-6-8-10-17)13-18(22)12-20(3,4)15-21/h6-10,16,18-19H,5,11-15H2,1-4H3. The topological polar surface area (TPSA) is 0 Å². The first-order chi connectivity index (χ1) is 11.2. The van der Waals surface area contributed by atoms with Crippen molar-refractivity contribution in [2.45, 2.75) is 78.1 Å². The van der Waals surface area contributed by atoms with E-state index in [-0.39, 0.29) is 22.7 Å². The molecule has 0 aliphatic heterocycles. The van der Waals surface area contributed by atoms with E-state index in [4.69, 9.17) is 0 Å². The molecule has 0 heterocycles. The fourth-order valence-corrected chi connectivity index (χ4v) is 6.59. The quantitative estimate of drug-likeness (QED) is 0.565. The normalized spacial score (nSPS) is 38.3. The number of halogens is 2. The van der Waals surface area contributed by atoms with Gasteiger partial charge in [0, 0.05) is 6.42 Å². The Hall–Kier alpha value is -0.920. The van der Waals surface area contributed by atoms with E-state index < -0.39 is 6.43 Å². The Morgan fingerprint density at radius 1 is 1.08 bits per heavy atom. The summed E-state index contributed by atoms with van der Waals surface area (Å²) < 4.78 is 26.9. The summed E-state index contributed by atoms with van der Waals surface area (Å²) in [5.41, 5.74) is 1.63. The van der Waals surface area contributed by atoms with Crippen LogP contribution in [0.1, 0.15) is 71.8 Å². The van der Waals surface area contributed by atoms with Crippen molar-refractivity contribution in [3.05, 3.63) is 35.9 Å². The van der Waals surface area contributed by atoms with Gasteiger partial charge < -0.3 is 0 Å². The van der Waals surface area contributed by atoms with Crippen molar-refractivity contribution in [1.29, 1.82) is 0 Å². The minimum atomic E-state index is -2.19. The highest BCUT2D eigenvalue weighted by molar-refractivity contribution is 5.29. The Bertz CT molecular complexity index is 561. The molecule has 4 atom stereocenters. The lowest BCUT2D eigenvalue weighted by Crippen LogP contribution is -2.55. The van der Waals surface area contributed by atoms with Crippen LogP contribution in [-0.4, -0.2) is 6.43 Å². The van der Waals surface area contributed by atoms with Crippen molar-refractivity contribution >= 4 is 0 Å². The minimum absolute atomic E-state index is 0.0796. The summed E-state index contributed by atoms with van der Waals surface area (Å²) in [5.74, 6) is 0.760. The molecule has 2 bridgehead atoms. The van der Waals surface area contributed by atoms with E-state index in [0.717, 1.165) is 25.7 Å². The van der Waals surface area contributed by atoms with Gasteiger partial charge >= 0.3 is 0 Å². The number of benzene rings is 1. The summed E-state index contributed by atoms with van der Waals surface area (Å²) in [4.78, 5) is 0. The molecular formula is C22H32F2. The molecule has 0 amide bonds. The van der Waals surface area contributed by atoms with Gasteiger partial charge in [0.25, 0.3) is 0 Å². The van der Waals surface area contributed by atoms with Crippen LogP contribution in [0.25, 0.3) is 0 Å². The molecule has 1 aromatic carbocycles. The first-order valence-electron chi connectivity index (χ1n) is 9.57. The van der Waals surface area contributed by atoms with Crippen molar-refractivity contribution in [2.75, 3.05) is 0 Å². The van der Waals surface area contributed by atoms with Gasteiger partial charge in [-0.05, 0) is 65.7 Å². The zero-order chi connectivity index (χ0) is 17.6. The summed E-state index contributed by atoms with van der Waals surface area (Å²) >= 11 is 0. The molecule has 0 aromatic heterocycles. The highest BCUT2D eigenvalue weighted by atomic mass is 19.3. The van der Waals surface area contributed by atoms with Crippen molar-refractivity contribution in [3.63, 3.8) is 0 Å². The molecule has 0 N–H and O–H groups in total. The van der Waals surface area contributed by atoms with Gasteiger partial charge in [0.1, 0.15) is 0 Å². The number of hydrogen-bond acceptors (Lipinski definition) is 0. The average molecular weight is 334 g/mol. The molecule has 2 saturated carbocycles. The van der Waals surface area contributed by atoms with Gasteiger partial charge in [-0.15, -0.1) is 0 Å². The second kappa shape index (κ2) is 6.11. The predicted molar refractivity (Wildman–Crippen MR) is 96.4 cm³/mol. The van der Waals surface area contributed by atoms with Crippen LogP contribution in [-0.2, 0) is 5.41 Å². The Morgan fingerprint density at radius 2 is 1.75 bits per heavy atom. The second-order valence-corrected chi connectivity index (χ2v) is 9.38. The number of alkyl halides is 2. The van der Waals surface area contributed by atoms with Gasteiger partial charge in [-0.2, -0.15) is 0 Å². The lowest BCUT2D eigenvalue weighted by Gasteiger charge is -2.62. The summed E-state index contributed by atoms with van der Waals surface area (Å²) in [6.07, 6.45) is 3.18. The van der Waals surface area contributed by atoms with Crippen LogP contribution >= 0.6 is 0 Å². The van der Waals surface area contributed by atoms with Crippen molar-refractivity contribution in [3.8, 4) is 0 Å². The SMILES string of the molecule is CCC1(CC(F)F)C(C)CC2(c3ccccc3)CC1CC(C)(C)C2. The van der Waals surface area contributed by atoms with Gasteiger partial charge in [0.2, 0.25) is 6.43 Å². The largest absolute Gasteiger partial charge is 0.239 e. The minimum Gasteiger partial charge on any atom is -0.211 e. The Labute approximate surface area is 146 Å². The van der Waals surface area contributed by atoms with Crippen LogP contribution in [0.4, 0.5) is 8.78 Å². The molecule has 2 fully saturated rings. The van der Waals surface area contributed by atoms with Crippen LogP contribution < -0.4 is 0 Å². The maximum atomic E-state index is 13.5. The molecule has 0 radical (unpaired) electrons. The molecule has 4 unspecified atom stereocenters. The molecule has 0 saturated heterocycles. The fourth-order valence-electron chi connectivity index (χ4n) is 6.59. The van der Waals surface area contributed by atoms with Crippen LogP contribution in [0.2, 0.25) is 0 Å². The van der Waals surface area contributed by atoms with Crippen molar-refractivity contribution in [2.24, 2.45) is 22.7 Å². The third kappa shape index (κ3) is 2.91. The van der Waals surface area contributed by atoms with Gasteiger partial charge in [-0.1, -0.05) is 58.0 Å². The zero-order valence-electron chi connectivity index (χ0n) is 15.6. The Balaban J connectivity index is 2.04. The smallest absolute Gasteiger partial charge is 0.211 e. The first kappa shape index (κ1) is 17.9. The van der Waals surface area contributed by atoms with Crippen LogP contribution in [0.15, 0.2) is 30.3 Å². The van der Waals surface area contributed by atoms with Crippen LogP contribution in [0.3, 0.4) is 0 Å². The molecule has 2 aliphatic rings. The average Bonchev–Trinajstić information content (AvgIpc) is 2.50. The fraction of sp³-hybridized carbons (Fsp3) is 0.727. The number of rotatable bonds is 4. The number of fused-ring (bicyclic) bond motifs is 2. The van der Waals surface area contributed by atoms with E-state index in [1.807, 2.05) is 0 Å². The Kier molecular flexibility index (Phi) is 4.55. The van der Waals surface area contributed by atoms with E-state index in [0.29, 0.717) is 11.8 Å². The van der Waals surface area contributed by atoms with E-state index in [1.54, 1.807) is 0 Å². The maximum absolute atomic E-state index is 13.5. The maximum Gasteiger partial charge on any atom is 0.239 e. The molecule has 3 rings (SSSR count). The predicted octanol–water partition coefficient (Wildman–Crippen LogP) is 6.84. The molecular weight excluding hydrogens is 302 g/mol. The van der Waals surface area contributed by atoms with E-state index in [2.05, 4.69) is 58.0 Å². The summed E-state index contributed by atoms with van der Waals surface area (Å²) in [7, 11) is 0. The van der Waals surface area contributed by atoms with Crippen molar-refractivity contribution < 1.29 is 8.78 Å². The van der Waals surface area contributed by atoms with Crippen molar-refractivity contribution in [1.82, 2.24) is 0 Å². The molecule has 134 valence electrons. The summed E-state index contributed by atoms with van der Waals surface area (Å²) in [5, 5.41) is 0. The van der Waals surface area contributed by atoms with Gasteiger partial charge in [0.05, 0.1) is 0 Å². The van der Waals surface area contributed by atoms with Crippen LogP contribution in [0, 0.1) is 22.7 Å². The highest BCUT2D eigenvalue weighted by Gasteiger charge is 2.58. The third-order valence-corrected chi connectivity index (χ3v) is 7.32. The summed E-state index contributed by atoms with van der Waals surface area (Å²) in [6, 6.07) is 10.9. The molecule has 1 aromatic rings. The molecule has 24 heavy (non-hydrogen) atoms.